The summed E-state index contributed by atoms with van der Waals surface area (Å²) in [5.41, 5.74) is 5.56. The van der Waals surface area contributed by atoms with E-state index in [1.54, 1.807) is 0 Å². The van der Waals surface area contributed by atoms with Gasteiger partial charge in [0.2, 0.25) is 0 Å². The van der Waals surface area contributed by atoms with Crippen LogP contribution in [-0.2, 0) is 0 Å². The molecule has 0 amide bonds. The molecule has 0 atom stereocenters. The average Bonchev–Trinajstić information content (AvgIpc) is 1.57. The summed E-state index contributed by atoms with van der Waals surface area (Å²) in [6, 6.07) is 1.15. The van der Waals surface area contributed by atoms with Crippen molar-refractivity contribution in [1.82, 2.24) is 4.90 Å². The fourth-order valence-corrected chi connectivity index (χ4v) is 0.971. The van der Waals surface area contributed by atoms with E-state index >= 15 is 0 Å². The zero-order valence-electron chi connectivity index (χ0n) is 6.41. The quantitative estimate of drug-likeness (QED) is 0.660. The molecule has 0 saturated carbocycles. The number of nitrogens with two attached hydrogens (primary N) is 1. The molecule has 1 saturated heterocycles. The van der Waals surface area contributed by atoms with Gasteiger partial charge in [0.15, 0.2) is 0 Å². The molecule has 1 rings (SSSR count). The van der Waals surface area contributed by atoms with E-state index in [9.17, 15) is 0 Å². The maximum atomic E-state index is 5.56. The first kappa shape index (κ1) is 13.1. The van der Waals surface area contributed by atoms with Crippen molar-refractivity contribution in [2.45, 2.75) is 25.9 Å². The van der Waals surface area contributed by atoms with Crippen LogP contribution in [0.5, 0.6) is 0 Å². The molecular formula is C6H16Cl2N2. The second kappa shape index (κ2) is 5.19. The molecule has 64 valence electrons. The van der Waals surface area contributed by atoms with Crippen molar-refractivity contribution in [2.75, 3.05) is 13.1 Å². The lowest BCUT2D eigenvalue weighted by molar-refractivity contribution is 0.112. The number of halogens is 2. The van der Waals surface area contributed by atoms with Gasteiger partial charge in [-0.1, -0.05) is 0 Å². The molecule has 0 aliphatic carbocycles. The minimum atomic E-state index is 0. The first-order chi connectivity index (χ1) is 3.70. The second-order valence-corrected chi connectivity index (χ2v) is 2.81. The molecule has 2 N–H and O–H groups in total. The number of likely N-dealkylation sites (tertiary alicyclic amines) is 1. The molecule has 0 aromatic heterocycles. The highest BCUT2D eigenvalue weighted by Gasteiger charge is 2.24. The Morgan fingerprint density at radius 2 is 1.70 bits per heavy atom. The number of hydrogen-bond donors (Lipinski definition) is 1. The van der Waals surface area contributed by atoms with Gasteiger partial charge in [-0.25, -0.2) is 0 Å². The monoisotopic (exact) mass is 186 g/mol. The maximum Gasteiger partial charge on any atom is 0.0297 e. The topological polar surface area (TPSA) is 29.3 Å². The first-order valence-corrected chi connectivity index (χ1v) is 3.20. The predicted octanol–water partition coefficient (Wildman–Crippen LogP) is 0.881. The summed E-state index contributed by atoms with van der Waals surface area (Å²) in [5.74, 6) is 0. The summed E-state index contributed by atoms with van der Waals surface area (Å²) in [4.78, 5) is 2.37. The van der Waals surface area contributed by atoms with Crippen molar-refractivity contribution in [1.29, 1.82) is 0 Å². The molecule has 10 heavy (non-hydrogen) atoms. The number of rotatable bonds is 1. The second-order valence-electron chi connectivity index (χ2n) is 2.81. The first-order valence-electron chi connectivity index (χ1n) is 3.20. The van der Waals surface area contributed by atoms with Crippen LogP contribution < -0.4 is 5.73 Å². The van der Waals surface area contributed by atoms with E-state index < -0.39 is 0 Å². The summed E-state index contributed by atoms with van der Waals surface area (Å²) >= 11 is 0. The Bertz CT molecular complexity index is 81.8. The Labute approximate surface area is 75.0 Å². The van der Waals surface area contributed by atoms with E-state index in [1.807, 2.05) is 0 Å². The van der Waals surface area contributed by atoms with E-state index in [0.29, 0.717) is 12.1 Å². The van der Waals surface area contributed by atoms with Crippen molar-refractivity contribution in [3.05, 3.63) is 0 Å². The fraction of sp³-hybridized carbons (Fsp3) is 1.00. The maximum absolute atomic E-state index is 5.56. The largest absolute Gasteiger partial charge is 0.325 e. The zero-order valence-corrected chi connectivity index (χ0v) is 8.04. The molecule has 0 radical (unpaired) electrons. The SMILES string of the molecule is CC(C)N1CC(N)C1.Cl.Cl. The van der Waals surface area contributed by atoms with Gasteiger partial charge < -0.3 is 5.73 Å². The van der Waals surface area contributed by atoms with Gasteiger partial charge >= 0.3 is 0 Å². The van der Waals surface area contributed by atoms with E-state index in [-0.39, 0.29) is 24.8 Å². The highest BCUT2D eigenvalue weighted by Crippen LogP contribution is 2.08. The van der Waals surface area contributed by atoms with Crippen molar-refractivity contribution in [3.8, 4) is 0 Å². The van der Waals surface area contributed by atoms with Crippen molar-refractivity contribution < 1.29 is 0 Å². The van der Waals surface area contributed by atoms with E-state index in [0.717, 1.165) is 13.1 Å². The third-order valence-corrected chi connectivity index (χ3v) is 1.67. The molecule has 1 aliphatic heterocycles. The number of hydrogen-bond acceptors (Lipinski definition) is 2. The summed E-state index contributed by atoms with van der Waals surface area (Å²) in [5, 5.41) is 0. The Balaban J connectivity index is 0. The third-order valence-electron chi connectivity index (χ3n) is 1.67. The van der Waals surface area contributed by atoms with E-state index in [2.05, 4.69) is 18.7 Å². The third kappa shape index (κ3) is 3.06. The smallest absolute Gasteiger partial charge is 0.0297 e. The van der Waals surface area contributed by atoms with Crippen molar-refractivity contribution in [2.24, 2.45) is 5.73 Å². The fourth-order valence-electron chi connectivity index (χ4n) is 0.971. The molecule has 2 nitrogen and oxygen atoms in total. The van der Waals surface area contributed by atoms with Gasteiger partial charge in [0.25, 0.3) is 0 Å². The van der Waals surface area contributed by atoms with Crippen molar-refractivity contribution >= 4 is 24.8 Å². The lowest BCUT2D eigenvalue weighted by Crippen LogP contribution is -2.57. The molecule has 0 aromatic carbocycles. The van der Waals surface area contributed by atoms with Crippen LogP contribution >= 0.6 is 24.8 Å². The average molecular weight is 187 g/mol. The van der Waals surface area contributed by atoms with Crippen molar-refractivity contribution in [3.63, 3.8) is 0 Å². The van der Waals surface area contributed by atoms with E-state index in [1.165, 1.54) is 0 Å². The standard InChI is InChI=1S/C6H14N2.2ClH/c1-5(2)8-3-6(7)4-8;;/h5-6H,3-4,7H2,1-2H3;2*1H. The molecule has 1 fully saturated rings. The van der Waals surface area contributed by atoms with Crippen LogP contribution in [0.3, 0.4) is 0 Å². The van der Waals surface area contributed by atoms with Gasteiger partial charge in [-0.2, -0.15) is 0 Å². The van der Waals surface area contributed by atoms with Crippen LogP contribution in [0.2, 0.25) is 0 Å². The molecule has 0 bridgehead atoms. The summed E-state index contributed by atoms with van der Waals surface area (Å²) in [7, 11) is 0. The highest BCUT2D eigenvalue weighted by atomic mass is 35.5. The molecule has 1 aliphatic rings. The normalized spacial score (nSPS) is 19.2. The van der Waals surface area contributed by atoms with Crippen LogP contribution in [0.1, 0.15) is 13.8 Å². The Morgan fingerprint density at radius 1 is 1.30 bits per heavy atom. The highest BCUT2D eigenvalue weighted by molar-refractivity contribution is 5.85. The minimum absolute atomic E-state index is 0. The van der Waals surface area contributed by atoms with Crippen LogP contribution in [0, 0.1) is 0 Å². The number of nitrogens with zero attached hydrogens (tertiary/aromatic N) is 1. The molecule has 0 aromatic rings. The van der Waals surface area contributed by atoms with Crippen LogP contribution in [-0.4, -0.2) is 30.1 Å². The Hall–Kier alpha value is 0.500. The van der Waals surface area contributed by atoms with Crippen LogP contribution in [0.15, 0.2) is 0 Å². The summed E-state index contributed by atoms with van der Waals surface area (Å²) in [6.07, 6.45) is 0. The zero-order chi connectivity index (χ0) is 6.15. The Kier molecular flexibility index (Phi) is 6.81. The molecule has 4 heteroatoms. The molecule has 0 spiro atoms. The van der Waals surface area contributed by atoms with Gasteiger partial charge in [0.05, 0.1) is 0 Å². The van der Waals surface area contributed by atoms with Gasteiger partial charge in [0, 0.05) is 25.2 Å². The molecule has 1 heterocycles. The lowest BCUT2D eigenvalue weighted by atomic mass is 10.1. The predicted molar refractivity (Wildman–Crippen MR) is 49.2 cm³/mol. The lowest BCUT2D eigenvalue weighted by Gasteiger charge is -2.39. The van der Waals surface area contributed by atoms with E-state index in [4.69, 9.17) is 5.73 Å². The molecular weight excluding hydrogens is 171 g/mol. The minimum Gasteiger partial charge on any atom is -0.325 e. The van der Waals surface area contributed by atoms with Gasteiger partial charge in [-0.15, -0.1) is 24.8 Å². The van der Waals surface area contributed by atoms with Gasteiger partial charge in [0.1, 0.15) is 0 Å². The van der Waals surface area contributed by atoms with Gasteiger partial charge in [-0.3, -0.25) is 4.90 Å². The van der Waals surface area contributed by atoms with Crippen LogP contribution in [0.4, 0.5) is 0 Å². The van der Waals surface area contributed by atoms with Crippen LogP contribution in [0.25, 0.3) is 0 Å². The summed E-state index contributed by atoms with van der Waals surface area (Å²) in [6.45, 7) is 6.59. The molecule has 0 unspecified atom stereocenters. The summed E-state index contributed by atoms with van der Waals surface area (Å²) < 4.78 is 0. The van der Waals surface area contributed by atoms with Gasteiger partial charge in [-0.05, 0) is 13.8 Å². The Morgan fingerprint density at radius 3 is 1.80 bits per heavy atom.